The second kappa shape index (κ2) is 11.2. The summed E-state index contributed by atoms with van der Waals surface area (Å²) in [5.74, 6) is -2.71. The third-order valence-corrected chi connectivity index (χ3v) is 8.22. The van der Waals surface area contributed by atoms with Crippen LogP contribution in [-0.2, 0) is 9.53 Å². The van der Waals surface area contributed by atoms with E-state index < -0.39 is 23.1 Å². The first-order valence-electron chi connectivity index (χ1n) is 13.8. The van der Waals surface area contributed by atoms with E-state index in [-0.39, 0.29) is 42.5 Å². The number of carbonyl (C=O) groups excluding carboxylic acids is 1. The second-order valence-electron chi connectivity index (χ2n) is 10.8. The Hall–Kier alpha value is -3.45. The SMILES string of the molecule is O=C(C1CCC(n2c(Nc3c(F)cc(F)cc3F)nc3cnc(NC4CCOC4)nc32)CC1)N1CCCC1CO. The van der Waals surface area contributed by atoms with Crippen molar-refractivity contribution in [1.82, 2.24) is 24.4 Å². The van der Waals surface area contributed by atoms with Gasteiger partial charge in [-0.05, 0) is 44.9 Å². The maximum absolute atomic E-state index is 14.6. The molecule has 2 aromatic heterocycles. The molecule has 1 amide bonds. The highest BCUT2D eigenvalue weighted by Gasteiger charge is 2.36. The molecule has 0 bridgehead atoms. The lowest BCUT2D eigenvalue weighted by atomic mass is 9.85. The lowest BCUT2D eigenvalue weighted by Gasteiger charge is -2.33. The number of likely N-dealkylation sites (tertiary alicyclic amines) is 1. The van der Waals surface area contributed by atoms with E-state index in [1.807, 2.05) is 9.47 Å². The number of amides is 1. The maximum Gasteiger partial charge on any atom is 0.226 e. The first kappa shape index (κ1) is 26.8. The highest BCUT2D eigenvalue weighted by atomic mass is 19.1. The highest BCUT2D eigenvalue weighted by Crippen LogP contribution is 2.39. The van der Waals surface area contributed by atoms with Crippen LogP contribution in [0.25, 0.3) is 11.2 Å². The quantitative estimate of drug-likeness (QED) is 0.399. The Morgan fingerprint density at radius 3 is 2.55 bits per heavy atom. The first-order valence-corrected chi connectivity index (χ1v) is 13.8. The molecule has 3 aromatic rings. The van der Waals surface area contributed by atoms with Crippen molar-refractivity contribution < 1.29 is 27.8 Å². The molecule has 6 rings (SSSR count). The Morgan fingerprint density at radius 2 is 1.85 bits per heavy atom. The molecule has 0 radical (unpaired) electrons. The van der Waals surface area contributed by atoms with Crippen molar-refractivity contribution >= 4 is 34.7 Å². The third kappa shape index (κ3) is 5.19. The van der Waals surface area contributed by atoms with Gasteiger partial charge >= 0.3 is 0 Å². The number of aliphatic hydroxyl groups is 1. The molecule has 2 atom stereocenters. The predicted molar refractivity (Wildman–Crippen MR) is 141 cm³/mol. The number of aromatic nitrogens is 4. The molecular formula is C27H32F3N7O3. The number of hydrogen-bond acceptors (Lipinski definition) is 8. The van der Waals surface area contributed by atoms with E-state index in [9.17, 15) is 23.1 Å². The summed E-state index contributed by atoms with van der Waals surface area (Å²) in [5.41, 5.74) is 0.400. The Bertz CT molecular complexity index is 1370. The van der Waals surface area contributed by atoms with Crippen molar-refractivity contribution in [3.8, 4) is 0 Å². The first-order chi connectivity index (χ1) is 19.4. The van der Waals surface area contributed by atoms with Gasteiger partial charge in [0.1, 0.15) is 17.0 Å². The van der Waals surface area contributed by atoms with Crippen LogP contribution in [0, 0.1) is 23.4 Å². The predicted octanol–water partition coefficient (Wildman–Crippen LogP) is 3.90. The third-order valence-electron chi connectivity index (χ3n) is 8.22. The zero-order valence-corrected chi connectivity index (χ0v) is 22.0. The van der Waals surface area contributed by atoms with E-state index in [1.54, 1.807) is 6.20 Å². The minimum absolute atomic E-state index is 0.0311. The topological polar surface area (TPSA) is 117 Å². The standard InChI is InChI=1S/C27H32F3N7O3/c28-16-10-20(29)23(21(30)11-16)34-27-33-22-12-31-26(32-17-7-9-40-14-17)35-24(22)37(27)18-5-3-15(4-6-18)25(39)36-8-1-2-19(36)13-38/h10-12,15,17-19,38H,1-9,13-14H2,(H,33,34)(H,31,32,35). The van der Waals surface area contributed by atoms with Crippen LogP contribution in [0.3, 0.4) is 0 Å². The van der Waals surface area contributed by atoms with Gasteiger partial charge in [0.15, 0.2) is 17.3 Å². The van der Waals surface area contributed by atoms with E-state index >= 15 is 0 Å². The Morgan fingerprint density at radius 1 is 1.07 bits per heavy atom. The number of hydrogen-bond donors (Lipinski definition) is 3. The summed E-state index contributed by atoms with van der Waals surface area (Å²) in [6.07, 6.45) is 6.55. The summed E-state index contributed by atoms with van der Waals surface area (Å²) in [7, 11) is 0. The van der Waals surface area contributed by atoms with Crippen molar-refractivity contribution in [3.63, 3.8) is 0 Å². The van der Waals surface area contributed by atoms with Gasteiger partial charge in [0, 0.05) is 37.2 Å². The normalized spacial score (nSPS) is 25.1. The number of benzene rings is 1. The van der Waals surface area contributed by atoms with Crippen LogP contribution >= 0.6 is 0 Å². The monoisotopic (exact) mass is 559 g/mol. The molecule has 4 heterocycles. The van der Waals surface area contributed by atoms with Gasteiger partial charge < -0.3 is 25.4 Å². The molecule has 10 nitrogen and oxygen atoms in total. The van der Waals surface area contributed by atoms with Crippen molar-refractivity contribution in [3.05, 3.63) is 35.8 Å². The van der Waals surface area contributed by atoms with Gasteiger partial charge in [-0.1, -0.05) is 0 Å². The molecule has 40 heavy (non-hydrogen) atoms. The molecule has 3 aliphatic rings. The summed E-state index contributed by atoms with van der Waals surface area (Å²) >= 11 is 0. The number of carbonyl (C=O) groups is 1. The Balaban J connectivity index is 1.30. The van der Waals surface area contributed by atoms with Crippen LogP contribution in [0.5, 0.6) is 0 Å². The van der Waals surface area contributed by atoms with Crippen LogP contribution in [-0.4, -0.2) is 73.9 Å². The fraction of sp³-hybridized carbons (Fsp3) is 0.556. The molecule has 3 N–H and O–H groups in total. The molecule has 214 valence electrons. The molecule has 1 aromatic carbocycles. The van der Waals surface area contributed by atoms with Gasteiger partial charge in [-0.2, -0.15) is 4.98 Å². The second-order valence-corrected chi connectivity index (χ2v) is 10.8. The van der Waals surface area contributed by atoms with E-state index in [2.05, 4.69) is 20.6 Å². The van der Waals surface area contributed by atoms with Crippen LogP contribution in [0.15, 0.2) is 18.3 Å². The number of aliphatic hydroxyl groups excluding tert-OH is 1. The number of nitrogens with one attached hydrogen (secondary N) is 2. The Kier molecular flexibility index (Phi) is 7.49. The van der Waals surface area contributed by atoms with Crippen molar-refractivity contribution in [1.29, 1.82) is 0 Å². The zero-order chi connectivity index (χ0) is 27.8. The summed E-state index contributed by atoms with van der Waals surface area (Å²) in [6.45, 7) is 1.83. The average Bonchev–Trinajstić information content (AvgIpc) is 3.70. The minimum atomic E-state index is -1.08. The fourth-order valence-corrected chi connectivity index (χ4v) is 6.13. The van der Waals surface area contributed by atoms with E-state index in [0.29, 0.717) is 74.7 Å². The Labute approximate surface area is 228 Å². The average molecular weight is 560 g/mol. The van der Waals surface area contributed by atoms with E-state index in [4.69, 9.17) is 9.72 Å². The molecule has 2 saturated heterocycles. The molecule has 1 aliphatic carbocycles. The smallest absolute Gasteiger partial charge is 0.226 e. The lowest BCUT2D eigenvalue weighted by Crippen LogP contribution is -2.42. The molecular weight excluding hydrogens is 527 g/mol. The van der Waals surface area contributed by atoms with Gasteiger partial charge in [-0.3, -0.25) is 9.36 Å². The number of halogens is 3. The largest absolute Gasteiger partial charge is 0.394 e. The number of ether oxygens (including phenoxy) is 1. The molecule has 1 saturated carbocycles. The number of nitrogens with zero attached hydrogens (tertiary/aromatic N) is 5. The number of imidazole rings is 1. The number of fused-ring (bicyclic) bond motifs is 1. The summed E-state index contributed by atoms with van der Waals surface area (Å²) < 4.78 is 49.9. The van der Waals surface area contributed by atoms with Crippen molar-refractivity contribution in [2.24, 2.45) is 5.92 Å². The van der Waals surface area contributed by atoms with Gasteiger partial charge in [0.25, 0.3) is 0 Å². The van der Waals surface area contributed by atoms with Gasteiger partial charge in [0.05, 0.1) is 31.5 Å². The minimum Gasteiger partial charge on any atom is -0.394 e. The fourth-order valence-electron chi connectivity index (χ4n) is 6.13. The molecule has 3 fully saturated rings. The number of anilines is 3. The molecule has 2 aliphatic heterocycles. The van der Waals surface area contributed by atoms with Gasteiger partial charge in [0.2, 0.25) is 17.8 Å². The molecule has 0 spiro atoms. The van der Waals surface area contributed by atoms with Crippen LogP contribution in [0.1, 0.15) is 51.0 Å². The lowest BCUT2D eigenvalue weighted by molar-refractivity contribution is -0.138. The van der Waals surface area contributed by atoms with Crippen LogP contribution in [0.4, 0.5) is 30.8 Å². The van der Waals surface area contributed by atoms with Crippen LogP contribution in [0.2, 0.25) is 0 Å². The van der Waals surface area contributed by atoms with Crippen molar-refractivity contribution in [2.45, 2.75) is 63.1 Å². The summed E-state index contributed by atoms with van der Waals surface area (Å²) in [5, 5.41) is 15.7. The molecule has 13 heteroatoms. The summed E-state index contributed by atoms with van der Waals surface area (Å²) in [6, 6.07) is 1.01. The highest BCUT2D eigenvalue weighted by molar-refractivity contribution is 5.80. The van der Waals surface area contributed by atoms with E-state index in [0.717, 1.165) is 19.3 Å². The summed E-state index contributed by atoms with van der Waals surface area (Å²) in [4.78, 5) is 28.7. The molecule has 2 unspecified atom stereocenters. The van der Waals surface area contributed by atoms with Crippen LogP contribution < -0.4 is 10.6 Å². The van der Waals surface area contributed by atoms with Crippen molar-refractivity contribution in [2.75, 3.05) is 37.0 Å². The van der Waals surface area contributed by atoms with Gasteiger partial charge in [-0.15, -0.1) is 0 Å². The zero-order valence-electron chi connectivity index (χ0n) is 22.0. The van der Waals surface area contributed by atoms with E-state index in [1.165, 1.54) is 0 Å². The number of rotatable bonds is 7. The van der Waals surface area contributed by atoms with Gasteiger partial charge in [-0.25, -0.2) is 23.1 Å². The maximum atomic E-state index is 14.6.